The minimum Gasteiger partial charge on any atom is -0.408 e. The zero-order valence-electron chi connectivity index (χ0n) is 17.0. The maximum absolute atomic E-state index is 13.3. The van der Waals surface area contributed by atoms with Crippen molar-refractivity contribution in [2.24, 2.45) is 0 Å². The number of alkyl halides is 2. The molecule has 3 aromatic rings. The van der Waals surface area contributed by atoms with E-state index in [4.69, 9.17) is 4.42 Å². The molecule has 0 aliphatic carbocycles. The van der Waals surface area contributed by atoms with Crippen molar-refractivity contribution in [2.45, 2.75) is 38.7 Å². The van der Waals surface area contributed by atoms with Gasteiger partial charge in [-0.3, -0.25) is 4.79 Å². The van der Waals surface area contributed by atoms with Gasteiger partial charge >= 0.3 is 6.01 Å². The van der Waals surface area contributed by atoms with Gasteiger partial charge in [0, 0.05) is 57.6 Å². The van der Waals surface area contributed by atoms with Crippen LogP contribution < -0.4 is 4.90 Å². The minimum atomic E-state index is -2.68. The summed E-state index contributed by atoms with van der Waals surface area (Å²) < 4.78 is 34.0. The van der Waals surface area contributed by atoms with Crippen LogP contribution in [-0.2, 0) is 13.0 Å². The molecule has 31 heavy (non-hydrogen) atoms. The number of pyridine rings is 1. The minimum absolute atomic E-state index is 0.0519. The lowest BCUT2D eigenvalue weighted by Gasteiger charge is -2.31. The van der Waals surface area contributed by atoms with Crippen LogP contribution >= 0.6 is 0 Å². The number of carbonyl (C=O) groups excluding carboxylic acids is 1. The van der Waals surface area contributed by atoms with E-state index in [0.29, 0.717) is 36.4 Å². The molecule has 0 atom stereocenters. The Bertz CT molecular complexity index is 1100. The second-order valence-corrected chi connectivity index (χ2v) is 7.86. The summed E-state index contributed by atoms with van der Waals surface area (Å²) >= 11 is 0. The van der Waals surface area contributed by atoms with Crippen molar-refractivity contribution in [1.82, 2.24) is 29.9 Å². The van der Waals surface area contributed by atoms with Crippen molar-refractivity contribution in [3.8, 4) is 5.82 Å². The third kappa shape index (κ3) is 3.75. The maximum Gasteiger partial charge on any atom is 0.318 e. The first-order chi connectivity index (χ1) is 14.9. The molecular formula is C20H21F2N7O2. The molecule has 9 nitrogen and oxygen atoms in total. The largest absolute Gasteiger partial charge is 0.408 e. The quantitative estimate of drug-likeness (QED) is 0.631. The van der Waals surface area contributed by atoms with Crippen LogP contribution in [0, 0.1) is 6.92 Å². The van der Waals surface area contributed by atoms with Crippen LogP contribution in [0.3, 0.4) is 0 Å². The molecule has 162 valence electrons. The van der Waals surface area contributed by atoms with E-state index in [1.165, 1.54) is 11.1 Å². The lowest BCUT2D eigenvalue weighted by Crippen LogP contribution is -2.42. The van der Waals surface area contributed by atoms with Crippen LogP contribution in [-0.4, -0.2) is 61.3 Å². The topological polar surface area (TPSA) is 93.2 Å². The van der Waals surface area contributed by atoms with Crippen LogP contribution in [0.1, 0.15) is 40.3 Å². The number of anilines is 1. The van der Waals surface area contributed by atoms with Gasteiger partial charge in [0.1, 0.15) is 0 Å². The van der Waals surface area contributed by atoms with Crippen molar-refractivity contribution in [3.63, 3.8) is 0 Å². The summed E-state index contributed by atoms with van der Waals surface area (Å²) in [6.45, 7) is 3.17. The monoisotopic (exact) mass is 429 g/mol. The van der Waals surface area contributed by atoms with Crippen LogP contribution in [0.2, 0.25) is 0 Å². The van der Waals surface area contributed by atoms with E-state index in [9.17, 15) is 13.6 Å². The van der Waals surface area contributed by atoms with Gasteiger partial charge in [-0.1, -0.05) is 5.10 Å². The molecule has 0 aromatic carbocycles. The number of rotatable bonds is 3. The van der Waals surface area contributed by atoms with Crippen molar-refractivity contribution < 1.29 is 18.0 Å². The number of amides is 1. The Morgan fingerprint density at radius 3 is 2.61 bits per heavy atom. The number of hydrogen-bond acceptors (Lipinski definition) is 7. The van der Waals surface area contributed by atoms with Gasteiger partial charge < -0.3 is 14.2 Å². The van der Waals surface area contributed by atoms with Crippen LogP contribution in [0.4, 0.5) is 14.8 Å². The molecule has 0 spiro atoms. The highest BCUT2D eigenvalue weighted by Gasteiger charge is 2.35. The molecule has 0 unspecified atom stereocenters. The Morgan fingerprint density at radius 1 is 1.13 bits per heavy atom. The first-order valence-electron chi connectivity index (χ1n) is 10.1. The van der Waals surface area contributed by atoms with E-state index < -0.39 is 5.92 Å². The van der Waals surface area contributed by atoms with E-state index in [-0.39, 0.29) is 31.8 Å². The molecule has 1 fully saturated rings. The lowest BCUT2D eigenvalue weighted by atomic mass is 10.1. The number of carbonyl (C=O) groups is 1. The van der Waals surface area contributed by atoms with E-state index >= 15 is 0 Å². The van der Waals surface area contributed by atoms with Gasteiger partial charge in [-0.05, 0) is 12.1 Å². The molecule has 0 saturated carbocycles. The van der Waals surface area contributed by atoms with Crippen LogP contribution in [0.15, 0.2) is 28.9 Å². The van der Waals surface area contributed by atoms with E-state index in [0.717, 1.165) is 17.7 Å². The number of fused-ring (bicyclic) bond motifs is 1. The predicted octanol–water partition coefficient (Wildman–Crippen LogP) is 2.39. The Kier molecular flexibility index (Phi) is 4.67. The van der Waals surface area contributed by atoms with Crippen molar-refractivity contribution in [2.75, 3.05) is 24.5 Å². The molecular weight excluding hydrogens is 408 g/mol. The second-order valence-electron chi connectivity index (χ2n) is 7.86. The Morgan fingerprint density at radius 2 is 1.94 bits per heavy atom. The molecule has 5 rings (SSSR count). The molecule has 0 N–H and O–H groups in total. The van der Waals surface area contributed by atoms with E-state index in [2.05, 4.69) is 20.3 Å². The second kappa shape index (κ2) is 7.40. The number of likely N-dealkylation sites (tertiary alicyclic amines) is 1. The standard InChI is InChI=1S/C20H21F2N7O2/c1-13-25-26-19(31-13)28-7-4-16-15(12-28)11-24-29(16)17-3-2-14(10-23-17)18(30)27-8-5-20(21,22)6-9-27/h2-3,10-11H,4-9,12H2,1H3. The molecule has 2 aliphatic heterocycles. The third-order valence-electron chi connectivity index (χ3n) is 5.71. The van der Waals surface area contributed by atoms with Crippen LogP contribution in [0.25, 0.3) is 5.82 Å². The normalized spacial score (nSPS) is 18.2. The Hall–Kier alpha value is -3.37. The first-order valence-corrected chi connectivity index (χ1v) is 10.1. The highest BCUT2D eigenvalue weighted by atomic mass is 19.3. The summed E-state index contributed by atoms with van der Waals surface area (Å²) in [5, 5.41) is 12.4. The predicted molar refractivity (Wildman–Crippen MR) is 105 cm³/mol. The number of halogens is 2. The van der Waals surface area contributed by atoms with Gasteiger partial charge in [0.2, 0.25) is 5.89 Å². The number of aromatic nitrogens is 5. The number of piperidine rings is 1. The first kappa shape index (κ1) is 19.6. The average molecular weight is 429 g/mol. The zero-order chi connectivity index (χ0) is 21.6. The van der Waals surface area contributed by atoms with Crippen molar-refractivity contribution in [1.29, 1.82) is 0 Å². The van der Waals surface area contributed by atoms with E-state index in [1.54, 1.807) is 29.9 Å². The number of aryl methyl sites for hydroxylation is 1. The average Bonchev–Trinajstić information content (AvgIpc) is 3.39. The smallest absolute Gasteiger partial charge is 0.318 e. The fourth-order valence-corrected chi connectivity index (χ4v) is 3.96. The Labute approximate surface area is 176 Å². The molecule has 3 aromatic heterocycles. The summed E-state index contributed by atoms with van der Waals surface area (Å²) in [7, 11) is 0. The molecule has 1 saturated heterocycles. The third-order valence-corrected chi connectivity index (χ3v) is 5.71. The lowest BCUT2D eigenvalue weighted by molar-refractivity contribution is -0.0494. The summed E-state index contributed by atoms with van der Waals surface area (Å²) in [5.41, 5.74) is 2.46. The van der Waals surface area contributed by atoms with Crippen molar-refractivity contribution in [3.05, 3.63) is 47.2 Å². The molecule has 0 bridgehead atoms. The summed E-state index contributed by atoms with van der Waals surface area (Å²) in [4.78, 5) is 20.5. The summed E-state index contributed by atoms with van der Waals surface area (Å²) in [6.07, 6.45) is 3.39. The van der Waals surface area contributed by atoms with E-state index in [1.807, 2.05) is 4.90 Å². The maximum atomic E-state index is 13.3. The molecule has 0 radical (unpaired) electrons. The summed E-state index contributed by atoms with van der Waals surface area (Å²) in [6, 6.07) is 3.89. The molecule has 5 heterocycles. The van der Waals surface area contributed by atoms with Gasteiger partial charge in [-0.25, -0.2) is 18.4 Å². The van der Waals surface area contributed by atoms with Gasteiger partial charge in [0.15, 0.2) is 5.82 Å². The van der Waals surface area contributed by atoms with Gasteiger partial charge in [0.05, 0.1) is 24.0 Å². The molecule has 11 heteroatoms. The summed E-state index contributed by atoms with van der Waals surface area (Å²) in [5.74, 6) is -1.84. The van der Waals surface area contributed by atoms with Crippen LogP contribution in [0.5, 0.6) is 0 Å². The highest BCUT2D eigenvalue weighted by Crippen LogP contribution is 2.29. The van der Waals surface area contributed by atoms with Gasteiger partial charge in [-0.15, -0.1) is 5.10 Å². The fourth-order valence-electron chi connectivity index (χ4n) is 3.96. The number of nitrogens with zero attached hydrogens (tertiary/aromatic N) is 7. The van der Waals surface area contributed by atoms with Gasteiger partial charge in [0.25, 0.3) is 11.8 Å². The molecule has 2 aliphatic rings. The fraction of sp³-hybridized carbons (Fsp3) is 0.450. The van der Waals surface area contributed by atoms with Gasteiger partial charge in [-0.2, -0.15) is 5.10 Å². The molecule has 1 amide bonds. The highest BCUT2D eigenvalue weighted by molar-refractivity contribution is 5.94. The Balaban J connectivity index is 1.30. The SMILES string of the molecule is Cc1nnc(N2CCc3c(cnn3-c3ccc(C(=O)N4CCC(F)(F)CC4)cn3)C2)o1. The van der Waals surface area contributed by atoms with Crippen molar-refractivity contribution >= 4 is 11.9 Å². The zero-order valence-corrected chi connectivity index (χ0v) is 17.0. The number of hydrogen-bond donors (Lipinski definition) is 0.